The van der Waals surface area contributed by atoms with E-state index in [4.69, 9.17) is 4.42 Å². The summed E-state index contributed by atoms with van der Waals surface area (Å²) in [6.45, 7) is 3.78. The SMILES string of the molecule is [CH2]CCCc1coc2ccc(F)cc12. The van der Waals surface area contributed by atoms with Crippen LogP contribution in [0, 0.1) is 12.7 Å². The van der Waals surface area contributed by atoms with Crippen molar-refractivity contribution in [1.29, 1.82) is 0 Å². The lowest BCUT2D eigenvalue weighted by Crippen LogP contribution is -1.82. The lowest BCUT2D eigenvalue weighted by Gasteiger charge is -1.95. The molecule has 2 aromatic rings. The fourth-order valence-corrected chi connectivity index (χ4v) is 1.56. The molecule has 0 unspecified atom stereocenters. The average Bonchev–Trinajstić information content (AvgIpc) is 2.57. The number of aryl methyl sites for hydroxylation is 1. The van der Waals surface area contributed by atoms with Gasteiger partial charge in [0.25, 0.3) is 0 Å². The van der Waals surface area contributed by atoms with Gasteiger partial charge in [0.05, 0.1) is 6.26 Å². The highest BCUT2D eigenvalue weighted by atomic mass is 19.1. The number of hydrogen-bond donors (Lipinski definition) is 0. The molecule has 0 saturated carbocycles. The molecule has 73 valence electrons. The fraction of sp³-hybridized carbons (Fsp3) is 0.250. The number of halogens is 1. The highest BCUT2D eigenvalue weighted by Crippen LogP contribution is 2.23. The number of hydrogen-bond acceptors (Lipinski definition) is 1. The zero-order chi connectivity index (χ0) is 9.97. The molecule has 0 fully saturated rings. The molecule has 1 aromatic heterocycles. The molecule has 0 atom stereocenters. The predicted molar refractivity (Wildman–Crippen MR) is 54.5 cm³/mol. The van der Waals surface area contributed by atoms with Crippen molar-refractivity contribution in [2.45, 2.75) is 19.3 Å². The van der Waals surface area contributed by atoms with Crippen LogP contribution >= 0.6 is 0 Å². The average molecular weight is 191 g/mol. The Morgan fingerprint density at radius 3 is 3.00 bits per heavy atom. The fourth-order valence-electron chi connectivity index (χ4n) is 1.56. The van der Waals surface area contributed by atoms with Crippen LogP contribution in [0.2, 0.25) is 0 Å². The second kappa shape index (κ2) is 3.82. The monoisotopic (exact) mass is 191 g/mol. The number of rotatable bonds is 3. The van der Waals surface area contributed by atoms with E-state index in [2.05, 4.69) is 6.92 Å². The molecule has 0 amide bonds. The summed E-state index contributed by atoms with van der Waals surface area (Å²) < 4.78 is 18.3. The van der Waals surface area contributed by atoms with E-state index in [9.17, 15) is 4.39 Å². The summed E-state index contributed by atoms with van der Waals surface area (Å²) in [5, 5.41) is 0.887. The normalized spacial score (nSPS) is 11.0. The zero-order valence-electron chi connectivity index (χ0n) is 7.92. The summed E-state index contributed by atoms with van der Waals surface area (Å²) in [4.78, 5) is 0. The molecule has 14 heavy (non-hydrogen) atoms. The van der Waals surface area contributed by atoms with Crippen LogP contribution in [0.15, 0.2) is 28.9 Å². The molecule has 0 N–H and O–H groups in total. The van der Waals surface area contributed by atoms with E-state index in [1.165, 1.54) is 12.1 Å². The molecule has 1 nitrogen and oxygen atoms in total. The number of benzene rings is 1. The number of fused-ring (bicyclic) bond motifs is 1. The zero-order valence-corrected chi connectivity index (χ0v) is 7.92. The van der Waals surface area contributed by atoms with Gasteiger partial charge in [0.1, 0.15) is 11.4 Å². The van der Waals surface area contributed by atoms with Crippen LogP contribution in [0.25, 0.3) is 11.0 Å². The first-order chi connectivity index (χ1) is 6.81. The summed E-state index contributed by atoms with van der Waals surface area (Å²) in [6.07, 6.45) is 4.51. The Hall–Kier alpha value is -1.31. The maximum Gasteiger partial charge on any atom is 0.134 e. The van der Waals surface area contributed by atoms with Crippen LogP contribution in [0.5, 0.6) is 0 Å². The largest absolute Gasteiger partial charge is 0.464 e. The van der Waals surface area contributed by atoms with Crippen LogP contribution < -0.4 is 0 Å². The van der Waals surface area contributed by atoms with Gasteiger partial charge in [0, 0.05) is 5.39 Å². The Bertz CT molecular complexity index is 431. The van der Waals surface area contributed by atoms with E-state index in [0.29, 0.717) is 0 Å². The van der Waals surface area contributed by atoms with Crippen LogP contribution in [-0.4, -0.2) is 0 Å². The first-order valence-electron chi connectivity index (χ1n) is 4.76. The highest BCUT2D eigenvalue weighted by molar-refractivity contribution is 5.80. The van der Waals surface area contributed by atoms with Gasteiger partial charge in [-0.1, -0.05) is 13.3 Å². The molecule has 1 heterocycles. The maximum atomic E-state index is 13.0. The Morgan fingerprint density at radius 1 is 1.36 bits per heavy atom. The lowest BCUT2D eigenvalue weighted by atomic mass is 10.1. The third-order valence-electron chi connectivity index (χ3n) is 2.31. The van der Waals surface area contributed by atoms with Gasteiger partial charge in [0.15, 0.2) is 0 Å². The molecule has 2 heteroatoms. The molecule has 1 aromatic carbocycles. The molecule has 1 radical (unpaired) electrons. The van der Waals surface area contributed by atoms with Gasteiger partial charge in [0.2, 0.25) is 0 Å². The van der Waals surface area contributed by atoms with Crippen LogP contribution in [0.3, 0.4) is 0 Å². The van der Waals surface area contributed by atoms with E-state index >= 15 is 0 Å². The van der Waals surface area contributed by atoms with Crippen molar-refractivity contribution < 1.29 is 8.81 Å². The van der Waals surface area contributed by atoms with Crippen molar-refractivity contribution in [2.24, 2.45) is 0 Å². The first-order valence-corrected chi connectivity index (χ1v) is 4.76. The van der Waals surface area contributed by atoms with Crippen molar-refractivity contribution in [3.8, 4) is 0 Å². The van der Waals surface area contributed by atoms with Crippen molar-refractivity contribution >= 4 is 11.0 Å². The summed E-state index contributed by atoms with van der Waals surface area (Å²) in [5.41, 5.74) is 1.83. The molecular weight excluding hydrogens is 179 g/mol. The van der Waals surface area contributed by atoms with Gasteiger partial charge in [-0.15, -0.1) is 0 Å². The van der Waals surface area contributed by atoms with E-state index in [-0.39, 0.29) is 5.82 Å². The van der Waals surface area contributed by atoms with E-state index in [1.54, 1.807) is 12.3 Å². The number of unbranched alkanes of at least 4 members (excludes halogenated alkanes) is 1. The Labute approximate surface area is 82.5 Å². The molecular formula is C12H12FO. The van der Waals surface area contributed by atoms with Crippen molar-refractivity contribution in [3.05, 3.63) is 42.8 Å². The Morgan fingerprint density at radius 2 is 2.21 bits per heavy atom. The summed E-state index contributed by atoms with van der Waals surface area (Å²) in [6, 6.07) is 4.60. The van der Waals surface area contributed by atoms with Gasteiger partial charge in [-0.2, -0.15) is 0 Å². The summed E-state index contributed by atoms with van der Waals surface area (Å²) in [7, 11) is 0. The quantitative estimate of drug-likeness (QED) is 0.720. The second-order valence-electron chi connectivity index (χ2n) is 3.36. The molecule has 0 aliphatic rings. The topological polar surface area (TPSA) is 13.1 Å². The minimum absolute atomic E-state index is 0.213. The van der Waals surface area contributed by atoms with Crippen LogP contribution in [-0.2, 0) is 6.42 Å². The van der Waals surface area contributed by atoms with Crippen molar-refractivity contribution in [2.75, 3.05) is 0 Å². The summed E-state index contributed by atoms with van der Waals surface area (Å²) in [5.74, 6) is -0.213. The molecule has 0 aliphatic heterocycles. The van der Waals surface area contributed by atoms with Gasteiger partial charge < -0.3 is 4.42 Å². The van der Waals surface area contributed by atoms with Crippen molar-refractivity contribution in [1.82, 2.24) is 0 Å². The Balaban J connectivity index is 2.40. The Kier molecular flexibility index (Phi) is 2.53. The summed E-state index contributed by atoms with van der Waals surface area (Å²) >= 11 is 0. The van der Waals surface area contributed by atoms with Crippen molar-refractivity contribution in [3.63, 3.8) is 0 Å². The van der Waals surface area contributed by atoms with E-state index in [0.717, 1.165) is 35.8 Å². The number of furan rings is 1. The van der Waals surface area contributed by atoms with Gasteiger partial charge in [-0.3, -0.25) is 0 Å². The first kappa shape index (κ1) is 9.25. The van der Waals surface area contributed by atoms with Gasteiger partial charge >= 0.3 is 0 Å². The molecule has 2 rings (SSSR count). The van der Waals surface area contributed by atoms with E-state index < -0.39 is 0 Å². The molecule has 0 bridgehead atoms. The van der Waals surface area contributed by atoms with Crippen LogP contribution in [0.1, 0.15) is 18.4 Å². The minimum Gasteiger partial charge on any atom is -0.464 e. The van der Waals surface area contributed by atoms with E-state index in [1.807, 2.05) is 0 Å². The predicted octanol–water partition coefficient (Wildman–Crippen LogP) is 3.73. The molecule has 0 spiro atoms. The second-order valence-corrected chi connectivity index (χ2v) is 3.36. The standard InChI is InChI=1S/C12H12FO/c1-2-3-4-9-8-14-12-6-5-10(13)7-11(9)12/h5-8H,1-4H2. The van der Waals surface area contributed by atoms with Gasteiger partial charge in [-0.25, -0.2) is 4.39 Å². The lowest BCUT2D eigenvalue weighted by molar-refractivity contribution is 0.605. The highest BCUT2D eigenvalue weighted by Gasteiger charge is 2.05. The molecule has 0 aliphatic carbocycles. The molecule has 0 saturated heterocycles. The minimum atomic E-state index is -0.213. The smallest absolute Gasteiger partial charge is 0.134 e. The van der Waals surface area contributed by atoms with Gasteiger partial charge in [-0.05, 0) is 36.6 Å². The third-order valence-corrected chi connectivity index (χ3v) is 2.31. The maximum absolute atomic E-state index is 13.0. The van der Waals surface area contributed by atoms with Crippen LogP contribution in [0.4, 0.5) is 4.39 Å². The third kappa shape index (κ3) is 1.65.